The van der Waals surface area contributed by atoms with Gasteiger partial charge in [0.25, 0.3) is 0 Å². The molecule has 0 amide bonds. The third-order valence-electron chi connectivity index (χ3n) is 6.30. The van der Waals surface area contributed by atoms with E-state index in [1.54, 1.807) is 62.5 Å². The summed E-state index contributed by atoms with van der Waals surface area (Å²) < 4.78 is 33.9. The van der Waals surface area contributed by atoms with Crippen molar-refractivity contribution in [3.63, 3.8) is 0 Å². The molecule has 0 radical (unpaired) electrons. The minimum atomic E-state index is -4.04. The van der Waals surface area contributed by atoms with Crippen molar-refractivity contribution in [2.24, 2.45) is 5.10 Å². The molecule has 0 aliphatic carbocycles. The SMILES string of the molecule is CC1=CC(C)=[N+]2C1=C(c1ccc(O)c(/C=N/Nc3ccccn3)c1)c1c(C)cc(C)n1[B-]2(F)F. The first-order valence-corrected chi connectivity index (χ1v) is 11.0. The average Bonchev–Trinajstić information content (AvgIpc) is 3.26. The first kappa shape index (κ1) is 21.8. The maximum absolute atomic E-state index is 15.8. The number of halogens is 2. The maximum atomic E-state index is 15.8. The third kappa shape index (κ3) is 3.27. The molecular weight excluding hydrogens is 435 g/mol. The van der Waals surface area contributed by atoms with Crippen molar-refractivity contribution in [1.29, 1.82) is 0 Å². The number of rotatable bonds is 4. The Bertz CT molecular complexity index is 1450. The quantitative estimate of drug-likeness (QED) is 0.325. The number of nitrogens with one attached hydrogen (secondary N) is 1. The van der Waals surface area contributed by atoms with Gasteiger partial charge in [-0.15, -0.1) is 0 Å². The predicted molar refractivity (Wildman–Crippen MR) is 132 cm³/mol. The molecule has 0 saturated carbocycles. The number of aryl methyl sites for hydroxylation is 2. The van der Waals surface area contributed by atoms with Crippen LogP contribution in [0.3, 0.4) is 0 Å². The van der Waals surface area contributed by atoms with Gasteiger partial charge >= 0.3 is 6.97 Å². The lowest BCUT2D eigenvalue weighted by molar-refractivity contribution is -0.363. The predicted octanol–water partition coefficient (Wildman–Crippen LogP) is 5.08. The molecule has 2 aromatic heterocycles. The molecular formula is C25H24BF2N5O. The summed E-state index contributed by atoms with van der Waals surface area (Å²) in [6, 6.07) is 12.3. The first-order chi connectivity index (χ1) is 16.2. The van der Waals surface area contributed by atoms with Crippen LogP contribution in [-0.4, -0.2) is 38.0 Å². The van der Waals surface area contributed by atoms with E-state index in [9.17, 15) is 5.11 Å². The van der Waals surface area contributed by atoms with Gasteiger partial charge in [-0.1, -0.05) is 12.1 Å². The van der Waals surface area contributed by atoms with Gasteiger partial charge in [0.2, 0.25) is 0 Å². The van der Waals surface area contributed by atoms with E-state index in [0.29, 0.717) is 45.3 Å². The number of pyridine rings is 1. The molecule has 2 aliphatic rings. The Hall–Kier alpha value is -4.01. The largest absolute Gasteiger partial charge is 0.737 e. The molecule has 0 spiro atoms. The zero-order valence-electron chi connectivity index (χ0n) is 19.3. The summed E-state index contributed by atoms with van der Waals surface area (Å²) in [6.07, 6.45) is 4.93. The Balaban J connectivity index is 1.68. The van der Waals surface area contributed by atoms with Gasteiger partial charge in [-0.3, -0.25) is 5.43 Å². The summed E-state index contributed by atoms with van der Waals surface area (Å²) in [5.74, 6) is 0.598. The van der Waals surface area contributed by atoms with Crippen LogP contribution < -0.4 is 5.43 Å². The fourth-order valence-corrected chi connectivity index (χ4v) is 4.98. The van der Waals surface area contributed by atoms with E-state index in [4.69, 9.17) is 0 Å². The van der Waals surface area contributed by atoms with Crippen molar-refractivity contribution in [2.45, 2.75) is 27.7 Å². The molecule has 5 rings (SSSR count). The second kappa shape index (κ2) is 7.79. The van der Waals surface area contributed by atoms with Crippen LogP contribution in [0.1, 0.15) is 41.9 Å². The first-order valence-electron chi connectivity index (χ1n) is 11.0. The number of hydrogen-bond acceptors (Lipinski definition) is 4. The van der Waals surface area contributed by atoms with Crippen LogP contribution >= 0.6 is 0 Å². The Labute approximate surface area is 196 Å². The van der Waals surface area contributed by atoms with Crippen molar-refractivity contribution in [1.82, 2.24) is 9.46 Å². The molecule has 2 N–H and O–H groups in total. The van der Waals surface area contributed by atoms with Crippen molar-refractivity contribution in [2.75, 3.05) is 5.43 Å². The smallest absolute Gasteiger partial charge is 0.507 e. The van der Waals surface area contributed by atoms with Gasteiger partial charge < -0.3 is 22.7 Å². The van der Waals surface area contributed by atoms with Gasteiger partial charge in [-0.2, -0.15) is 5.10 Å². The van der Waals surface area contributed by atoms with Crippen molar-refractivity contribution in [3.8, 4) is 5.75 Å². The number of hydrogen-bond donors (Lipinski definition) is 2. The number of aromatic nitrogens is 2. The summed E-state index contributed by atoms with van der Waals surface area (Å²) in [5.41, 5.74) is 8.26. The molecule has 9 heteroatoms. The number of fused-ring (bicyclic) bond motifs is 2. The molecule has 2 aliphatic heterocycles. The van der Waals surface area contributed by atoms with Gasteiger partial charge in [0.05, 0.1) is 11.8 Å². The van der Waals surface area contributed by atoms with E-state index < -0.39 is 6.97 Å². The van der Waals surface area contributed by atoms with Crippen LogP contribution in [-0.2, 0) is 0 Å². The number of hydrazone groups is 1. The highest BCUT2D eigenvalue weighted by molar-refractivity contribution is 6.58. The minimum absolute atomic E-state index is 0.0350. The van der Waals surface area contributed by atoms with Gasteiger partial charge in [-0.25, -0.2) is 4.98 Å². The van der Waals surface area contributed by atoms with Gasteiger partial charge in [-0.05, 0) is 67.9 Å². The fraction of sp³-hybridized carbons (Fsp3) is 0.160. The van der Waals surface area contributed by atoms with Crippen molar-refractivity contribution in [3.05, 3.63) is 94.1 Å². The molecule has 34 heavy (non-hydrogen) atoms. The highest BCUT2D eigenvalue weighted by atomic mass is 19.2. The van der Waals surface area contributed by atoms with Crippen LogP contribution in [0.2, 0.25) is 0 Å². The number of phenolic OH excluding ortho intramolecular Hbond substituents is 1. The van der Waals surface area contributed by atoms with Crippen LogP contribution in [0.15, 0.2) is 71.1 Å². The lowest BCUT2D eigenvalue weighted by atomic mass is 9.83. The maximum Gasteiger partial charge on any atom is 0.737 e. The third-order valence-corrected chi connectivity index (χ3v) is 6.30. The van der Waals surface area contributed by atoms with Crippen LogP contribution in [0.5, 0.6) is 5.75 Å². The monoisotopic (exact) mass is 459 g/mol. The number of anilines is 1. The van der Waals surface area contributed by atoms with E-state index in [2.05, 4.69) is 15.5 Å². The molecule has 0 fully saturated rings. The second-order valence-corrected chi connectivity index (χ2v) is 8.70. The lowest BCUT2D eigenvalue weighted by Crippen LogP contribution is -2.51. The van der Waals surface area contributed by atoms with Crippen molar-refractivity contribution >= 4 is 30.3 Å². The van der Waals surface area contributed by atoms with Gasteiger partial charge in [0, 0.05) is 36.0 Å². The number of allylic oxidation sites excluding steroid dienone is 2. The fourth-order valence-electron chi connectivity index (χ4n) is 4.98. The second-order valence-electron chi connectivity index (χ2n) is 8.70. The number of nitrogens with zero attached hydrogens (tertiary/aromatic N) is 4. The van der Waals surface area contributed by atoms with E-state index in [0.717, 1.165) is 20.1 Å². The molecule has 0 saturated heterocycles. The van der Waals surface area contributed by atoms with Crippen molar-refractivity contribution < 1.29 is 18.2 Å². The number of benzene rings is 1. The topological polar surface area (TPSA) is 65.5 Å². The average molecular weight is 459 g/mol. The van der Waals surface area contributed by atoms with Crippen LogP contribution in [0, 0.1) is 13.8 Å². The molecule has 0 atom stereocenters. The van der Waals surface area contributed by atoms with E-state index in [1.807, 2.05) is 19.9 Å². The highest BCUT2D eigenvalue weighted by Gasteiger charge is 2.55. The van der Waals surface area contributed by atoms with Crippen LogP contribution in [0.4, 0.5) is 14.4 Å². The lowest BCUT2D eigenvalue weighted by Gasteiger charge is -2.34. The zero-order chi connectivity index (χ0) is 24.2. The highest BCUT2D eigenvalue weighted by Crippen LogP contribution is 2.44. The van der Waals surface area contributed by atoms with Crippen LogP contribution in [0.25, 0.3) is 5.57 Å². The van der Waals surface area contributed by atoms with E-state index in [-0.39, 0.29) is 5.75 Å². The normalized spacial score (nSPS) is 16.7. The zero-order valence-corrected chi connectivity index (χ0v) is 19.3. The summed E-state index contributed by atoms with van der Waals surface area (Å²) in [6.45, 7) is 3.08. The number of aromatic hydroxyl groups is 1. The molecule has 3 aromatic rings. The molecule has 172 valence electrons. The number of phenols is 1. The Morgan fingerprint density at radius 2 is 1.91 bits per heavy atom. The molecule has 1 aromatic carbocycles. The molecule has 0 unspecified atom stereocenters. The Morgan fingerprint density at radius 3 is 2.65 bits per heavy atom. The molecule has 0 bridgehead atoms. The Kier molecular flexibility index (Phi) is 5.00. The summed E-state index contributed by atoms with van der Waals surface area (Å²) in [5, 5.41) is 14.6. The van der Waals surface area contributed by atoms with Gasteiger partial charge in [0.1, 0.15) is 17.3 Å². The molecule has 4 heterocycles. The summed E-state index contributed by atoms with van der Waals surface area (Å²) in [7, 11) is 0. The summed E-state index contributed by atoms with van der Waals surface area (Å²) in [4.78, 5) is 4.14. The van der Waals surface area contributed by atoms with Gasteiger partial charge in [0.15, 0.2) is 5.70 Å². The Morgan fingerprint density at radius 1 is 1.12 bits per heavy atom. The molecule has 6 nitrogen and oxygen atoms in total. The van der Waals surface area contributed by atoms with E-state index >= 15 is 8.63 Å². The minimum Gasteiger partial charge on any atom is -0.507 e. The summed E-state index contributed by atoms with van der Waals surface area (Å²) >= 11 is 0. The van der Waals surface area contributed by atoms with E-state index in [1.165, 1.54) is 6.21 Å². The standard InChI is InChI=1S/C25H24BF2N5O/c1-15-11-17(3)32-24(15)23(25-16(2)12-18(4)33(25)26(32,27)28)19-8-9-21(34)20(13-19)14-30-31-22-7-5-6-10-29-22/h5-14,34H,1-4H3,(H,29,31)/b30-14+.